The lowest BCUT2D eigenvalue weighted by Crippen LogP contribution is -2.52. The number of nitrogens with zero attached hydrogens (tertiary/aromatic N) is 1. The molecule has 2 aromatic carbocycles. The molecule has 3 heteroatoms. The Bertz CT molecular complexity index is 1120. The van der Waals surface area contributed by atoms with Crippen molar-refractivity contribution in [3.05, 3.63) is 35.4 Å². The van der Waals surface area contributed by atoms with Gasteiger partial charge in [-0.3, -0.25) is 0 Å². The van der Waals surface area contributed by atoms with Gasteiger partial charge in [0.05, 0.1) is 11.0 Å². The Labute approximate surface area is 153 Å². The molecule has 3 aromatic rings. The molecule has 3 heterocycles. The molecule has 26 heavy (non-hydrogen) atoms. The SMILES string of the molecule is Cc1cc2c3ccc(O)cc3n3c2c2c1O[C@@]1(C)CC[C@H]([C@@H]2C1)C3(C)C. The van der Waals surface area contributed by atoms with Crippen molar-refractivity contribution in [2.75, 3.05) is 0 Å². The number of benzene rings is 2. The third-order valence-corrected chi connectivity index (χ3v) is 7.53. The van der Waals surface area contributed by atoms with Gasteiger partial charge in [0.25, 0.3) is 0 Å². The van der Waals surface area contributed by atoms with E-state index < -0.39 is 0 Å². The minimum absolute atomic E-state index is 0.0187. The monoisotopic (exact) mass is 347 g/mol. The molecule has 3 nitrogen and oxygen atoms in total. The van der Waals surface area contributed by atoms with Crippen LogP contribution in [0.5, 0.6) is 11.5 Å². The van der Waals surface area contributed by atoms with Crippen LogP contribution in [0.2, 0.25) is 0 Å². The predicted octanol–water partition coefficient (Wildman–Crippen LogP) is 5.59. The summed E-state index contributed by atoms with van der Waals surface area (Å²) in [6.07, 6.45) is 3.44. The number of hydrogen-bond donors (Lipinski definition) is 1. The van der Waals surface area contributed by atoms with Gasteiger partial charge in [-0.1, -0.05) is 0 Å². The summed E-state index contributed by atoms with van der Waals surface area (Å²) in [5, 5.41) is 12.7. The molecule has 6 rings (SSSR count). The molecule has 0 saturated heterocycles. The zero-order valence-electron chi connectivity index (χ0n) is 15.9. The fraction of sp³-hybridized carbons (Fsp3) is 0.478. The van der Waals surface area contributed by atoms with Gasteiger partial charge in [0.2, 0.25) is 0 Å². The fourth-order valence-electron chi connectivity index (χ4n) is 6.42. The maximum atomic E-state index is 10.2. The molecule has 134 valence electrons. The fourth-order valence-corrected chi connectivity index (χ4v) is 6.42. The van der Waals surface area contributed by atoms with Crippen LogP contribution in [0, 0.1) is 12.8 Å². The zero-order valence-corrected chi connectivity index (χ0v) is 15.9. The number of ether oxygens (including phenoxy) is 1. The summed E-state index contributed by atoms with van der Waals surface area (Å²) in [4.78, 5) is 0. The number of aryl methyl sites for hydroxylation is 1. The van der Waals surface area contributed by atoms with Gasteiger partial charge in [-0.05, 0) is 82.6 Å². The van der Waals surface area contributed by atoms with Gasteiger partial charge in [0, 0.05) is 27.9 Å². The third kappa shape index (κ3) is 1.53. The number of aromatic hydroxyl groups is 1. The lowest BCUT2D eigenvalue weighted by molar-refractivity contribution is -0.0262. The Morgan fingerprint density at radius 1 is 1.15 bits per heavy atom. The normalized spacial score (nSPS) is 30.8. The maximum Gasteiger partial charge on any atom is 0.128 e. The van der Waals surface area contributed by atoms with Crippen LogP contribution in [0.3, 0.4) is 0 Å². The minimum atomic E-state index is -0.0187. The van der Waals surface area contributed by atoms with Crippen LogP contribution in [0.15, 0.2) is 24.3 Å². The van der Waals surface area contributed by atoms with Crippen LogP contribution in [0.1, 0.15) is 57.1 Å². The molecule has 0 unspecified atom stereocenters. The summed E-state index contributed by atoms with van der Waals surface area (Å²) in [5.74, 6) is 2.64. The van der Waals surface area contributed by atoms with Crippen molar-refractivity contribution in [2.24, 2.45) is 5.92 Å². The molecule has 0 amide bonds. The summed E-state index contributed by atoms with van der Waals surface area (Å²) in [6, 6.07) is 8.13. The van der Waals surface area contributed by atoms with E-state index in [9.17, 15) is 5.11 Å². The van der Waals surface area contributed by atoms with Gasteiger partial charge in [-0.2, -0.15) is 0 Å². The molecule has 1 N–H and O–H groups in total. The van der Waals surface area contributed by atoms with E-state index in [4.69, 9.17) is 4.74 Å². The van der Waals surface area contributed by atoms with E-state index in [1.165, 1.54) is 33.8 Å². The van der Waals surface area contributed by atoms with E-state index in [0.717, 1.165) is 24.1 Å². The van der Waals surface area contributed by atoms with Crippen LogP contribution >= 0.6 is 0 Å². The van der Waals surface area contributed by atoms with Gasteiger partial charge in [-0.25, -0.2) is 0 Å². The van der Waals surface area contributed by atoms with Crippen molar-refractivity contribution in [2.45, 2.75) is 64.0 Å². The lowest BCUT2D eigenvalue weighted by Gasteiger charge is -2.55. The third-order valence-electron chi connectivity index (χ3n) is 7.53. The molecule has 2 bridgehead atoms. The number of hydrogen-bond acceptors (Lipinski definition) is 2. The van der Waals surface area contributed by atoms with Gasteiger partial charge in [0.1, 0.15) is 17.1 Å². The first-order chi connectivity index (χ1) is 12.3. The highest BCUT2D eigenvalue weighted by atomic mass is 16.5. The average Bonchev–Trinajstić information content (AvgIpc) is 2.88. The number of phenols is 1. The van der Waals surface area contributed by atoms with Gasteiger partial charge >= 0.3 is 0 Å². The second-order valence-electron chi connectivity index (χ2n) is 9.53. The van der Waals surface area contributed by atoms with Crippen LogP contribution in [-0.2, 0) is 5.54 Å². The highest BCUT2D eigenvalue weighted by Crippen LogP contribution is 2.62. The lowest BCUT2D eigenvalue weighted by atomic mass is 9.60. The summed E-state index contributed by atoms with van der Waals surface area (Å²) in [7, 11) is 0. The molecule has 3 atom stereocenters. The molecular weight excluding hydrogens is 322 g/mol. The molecule has 1 saturated carbocycles. The Kier molecular flexibility index (Phi) is 2.42. The van der Waals surface area contributed by atoms with Crippen molar-refractivity contribution >= 4 is 21.8 Å². The first-order valence-corrected chi connectivity index (χ1v) is 9.80. The molecule has 1 aromatic heterocycles. The van der Waals surface area contributed by atoms with Crippen LogP contribution in [0.25, 0.3) is 21.8 Å². The standard InChI is InChI=1S/C23H25NO2/c1-12-9-15-14-6-5-13(25)10-18(14)24-20(15)19-16-11-23(4,26-21(12)19)8-7-17(16)22(24,2)3/h5-6,9-10,16-17,25H,7-8,11H2,1-4H3/t16-,17+,23-/m0/s1. The summed E-state index contributed by atoms with van der Waals surface area (Å²) in [5.41, 5.74) is 5.16. The molecule has 2 aliphatic heterocycles. The molecule has 0 spiro atoms. The average molecular weight is 347 g/mol. The van der Waals surface area contributed by atoms with E-state index in [1.807, 2.05) is 12.1 Å². The summed E-state index contributed by atoms with van der Waals surface area (Å²) >= 11 is 0. The van der Waals surface area contributed by atoms with Crippen LogP contribution < -0.4 is 4.74 Å². The van der Waals surface area contributed by atoms with Gasteiger partial charge in [-0.15, -0.1) is 0 Å². The Morgan fingerprint density at radius 2 is 1.96 bits per heavy atom. The predicted molar refractivity (Wildman–Crippen MR) is 104 cm³/mol. The first kappa shape index (κ1) is 15.0. The van der Waals surface area contributed by atoms with E-state index in [2.05, 4.69) is 44.4 Å². The largest absolute Gasteiger partial charge is 0.508 e. The maximum absolute atomic E-state index is 10.2. The van der Waals surface area contributed by atoms with Crippen molar-refractivity contribution in [3.8, 4) is 11.5 Å². The second-order valence-corrected chi connectivity index (χ2v) is 9.53. The van der Waals surface area contributed by atoms with E-state index in [0.29, 0.717) is 17.6 Å². The Balaban J connectivity index is 1.88. The number of rotatable bonds is 0. The van der Waals surface area contributed by atoms with E-state index >= 15 is 0 Å². The van der Waals surface area contributed by atoms with E-state index in [1.54, 1.807) is 0 Å². The van der Waals surface area contributed by atoms with E-state index in [-0.39, 0.29) is 11.1 Å². The molecule has 1 aliphatic carbocycles. The molecular formula is C23H25NO2. The van der Waals surface area contributed by atoms with Gasteiger partial charge < -0.3 is 14.4 Å². The number of aromatic nitrogens is 1. The van der Waals surface area contributed by atoms with Crippen molar-refractivity contribution in [3.63, 3.8) is 0 Å². The zero-order chi connectivity index (χ0) is 18.0. The topological polar surface area (TPSA) is 34.4 Å². The number of phenolic OH excluding ortho intramolecular Hbond substituents is 1. The van der Waals surface area contributed by atoms with Crippen LogP contribution in [0.4, 0.5) is 0 Å². The minimum Gasteiger partial charge on any atom is -0.508 e. The van der Waals surface area contributed by atoms with Gasteiger partial charge in [0.15, 0.2) is 0 Å². The summed E-state index contributed by atoms with van der Waals surface area (Å²) in [6.45, 7) is 9.27. The Morgan fingerprint density at radius 3 is 2.77 bits per heavy atom. The molecule has 3 aliphatic rings. The van der Waals surface area contributed by atoms with Crippen molar-refractivity contribution < 1.29 is 9.84 Å². The highest BCUT2D eigenvalue weighted by molar-refractivity contribution is 6.11. The number of fused-ring (bicyclic) bond motifs is 4. The summed E-state index contributed by atoms with van der Waals surface area (Å²) < 4.78 is 9.14. The Hall–Kier alpha value is -2.16. The van der Waals surface area contributed by atoms with Crippen molar-refractivity contribution in [1.82, 2.24) is 4.57 Å². The van der Waals surface area contributed by atoms with Crippen LogP contribution in [-0.4, -0.2) is 15.3 Å². The quantitative estimate of drug-likeness (QED) is 0.575. The highest BCUT2D eigenvalue weighted by Gasteiger charge is 2.54. The molecule has 1 fully saturated rings. The molecule has 0 radical (unpaired) electrons. The smallest absolute Gasteiger partial charge is 0.128 e. The van der Waals surface area contributed by atoms with Crippen molar-refractivity contribution in [1.29, 1.82) is 0 Å². The second kappa shape index (κ2) is 4.21. The first-order valence-electron chi connectivity index (χ1n) is 9.80.